The van der Waals surface area contributed by atoms with Gasteiger partial charge >= 0.3 is 0 Å². The maximum atomic E-state index is 11.4. The number of hydrogen-bond donors (Lipinski definition) is 1. The smallest absolute Gasteiger partial charge is 0.148 e. The van der Waals surface area contributed by atoms with Crippen molar-refractivity contribution in [3.63, 3.8) is 0 Å². The number of aromatic nitrogens is 4. The summed E-state index contributed by atoms with van der Waals surface area (Å²) < 4.78 is 4.61. The van der Waals surface area contributed by atoms with Gasteiger partial charge in [0.1, 0.15) is 11.6 Å². The number of para-hydroxylation sites is 3. The molecule has 0 unspecified atom stereocenters. The summed E-state index contributed by atoms with van der Waals surface area (Å²) in [4.78, 5) is 10.5. The van der Waals surface area contributed by atoms with Gasteiger partial charge in [0, 0.05) is 55.1 Å². The predicted octanol–water partition coefficient (Wildman–Crippen LogP) is 17.2. The van der Waals surface area contributed by atoms with E-state index >= 15 is 0 Å². The van der Waals surface area contributed by atoms with Gasteiger partial charge in [0.15, 0.2) is 0 Å². The standard InChI is InChI=1S/C66H59N4O.Pt/c1-64(2,3)48-34-46(53-25-18-27-60-62(53)68-63(55-24-14-16-28-61(55)71)70(60)52-40-49(65(4,5)6)39-50(41-52)66(7,8)9)33-47(35-48)57-38-45(31-32-67-57)44-29-30-59-56(37-44)54-23-13-15-26-58(54)69(59)51-22-17-21-43(36-51)42-19-11-10-12-20-42;/h10-32,34-41,71H,1-9H3;/q-1;. The van der Waals surface area contributed by atoms with Crippen LogP contribution in [0.2, 0.25) is 0 Å². The number of rotatable bonds is 7. The van der Waals surface area contributed by atoms with E-state index in [-0.39, 0.29) is 43.1 Å². The molecule has 0 radical (unpaired) electrons. The molecule has 0 amide bonds. The van der Waals surface area contributed by atoms with Crippen LogP contribution in [0.4, 0.5) is 0 Å². The van der Waals surface area contributed by atoms with Crippen LogP contribution in [0.5, 0.6) is 5.75 Å². The number of aromatic hydroxyl groups is 1. The van der Waals surface area contributed by atoms with Crippen LogP contribution in [0, 0.1) is 6.07 Å². The molecule has 360 valence electrons. The quantitative estimate of drug-likeness (QED) is 0.162. The maximum absolute atomic E-state index is 11.4. The molecular formula is C66H59N4OPt-. The van der Waals surface area contributed by atoms with E-state index in [4.69, 9.17) is 9.97 Å². The largest absolute Gasteiger partial charge is 0.507 e. The first kappa shape index (κ1) is 48.3. The summed E-state index contributed by atoms with van der Waals surface area (Å²) in [5.41, 5.74) is 18.4. The number of benzene rings is 8. The van der Waals surface area contributed by atoms with E-state index in [1.807, 2.05) is 24.4 Å². The SMILES string of the molecule is CC(C)(C)c1cc(-c2cc(-c3ccc4c(c3)c3ccccc3n4-c3cccc(-c4ccccc4)c3)ccn2)[c-]c(-c2cccc3c2nc(-c2ccccc2O)n3-c2cc(C(C)(C)C)cc(C(C)(C)C)c2)c1.[Pt]. The van der Waals surface area contributed by atoms with E-state index in [2.05, 4.69) is 235 Å². The molecule has 0 fully saturated rings. The Labute approximate surface area is 438 Å². The average Bonchev–Trinajstić information content (AvgIpc) is 3.92. The summed E-state index contributed by atoms with van der Waals surface area (Å²) in [5.74, 6) is 0.862. The van der Waals surface area contributed by atoms with Crippen LogP contribution in [-0.2, 0) is 37.3 Å². The van der Waals surface area contributed by atoms with Crippen molar-refractivity contribution >= 4 is 32.8 Å². The van der Waals surface area contributed by atoms with Gasteiger partial charge in [0.2, 0.25) is 0 Å². The first-order chi connectivity index (χ1) is 34.0. The van der Waals surface area contributed by atoms with Crippen molar-refractivity contribution in [3.8, 4) is 73.2 Å². The van der Waals surface area contributed by atoms with Crippen LogP contribution in [-0.4, -0.2) is 24.2 Å². The second-order valence-electron chi connectivity index (χ2n) is 22.1. The number of nitrogens with zero attached hydrogens (tertiary/aromatic N) is 4. The van der Waals surface area contributed by atoms with Crippen molar-refractivity contribution in [3.05, 3.63) is 211 Å². The van der Waals surface area contributed by atoms with Crippen molar-refractivity contribution < 1.29 is 26.2 Å². The second kappa shape index (κ2) is 18.4. The van der Waals surface area contributed by atoms with Crippen LogP contribution in [0.3, 0.4) is 0 Å². The number of phenols is 1. The van der Waals surface area contributed by atoms with Crippen LogP contribution in [0.15, 0.2) is 188 Å². The Kier molecular flexibility index (Phi) is 12.3. The topological polar surface area (TPSA) is 55.9 Å². The summed E-state index contributed by atoms with van der Waals surface area (Å²) in [5, 5.41) is 13.8. The molecule has 3 aromatic heterocycles. The minimum absolute atomic E-state index is 0. The fourth-order valence-corrected chi connectivity index (χ4v) is 9.96. The molecular weight excluding hydrogens is 1060 g/mol. The van der Waals surface area contributed by atoms with Crippen molar-refractivity contribution in [2.24, 2.45) is 0 Å². The fourth-order valence-electron chi connectivity index (χ4n) is 9.96. The molecule has 0 aliphatic heterocycles. The molecule has 6 heteroatoms. The van der Waals surface area contributed by atoms with Crippen LogP contribution < -0.4 is 0 Å². The molecule has 0 aliphatic rings. The third kappa shape index (κ3) is 8.90. The zero-order valence-electron chi connectivity index (χ0n) is 42.5. The van der Waals surface area contributed by atoms with Gasteiger partial charge in [-0.25, -0.2) is 4.98 Å². The van der Waals surface area contributed by atoms with Gasteiger partial charge in [-0.1, -0.05) is 177 Å². The van der Waals surface area contributed by atoms with Gasteiger partial charge in [-0.3, -0.25) is 9.55 Å². The molecule has 72 heavy (non-hydrogen) atoms. The molecule has 8 aromatic carbocycles. The molecule has 11 aromatic rings. The molecule has 0 spiro atoms. The van der Waals surface area contributed by atoms with E-state index in [1.54, 1.807) is 6.07 Å². The van der Waals surface area contributed by atoms with Gasteiger partial charge in [-0.05, 0) is 116 Å². The molecule has 1 N–H and O–H groups in total. The number of pyridine rings is 1. The summed E-state index contributed by atoms with van der Waals surface area (Å²) in [6.07, 6.45) is 1.92. The van der Waals surface area contributed by atoms with Crippen molar-refractivity contribution in [1.82, 2.24) is 19.1 Å². The van der Waals surface area contributed by atoms with Crippen molar-refractivity contribution in [1.29, 1.82) is 0 Å². The minimum Gasteiger partial charge on any atom is -0.507 e. The Bertz CT molecular complexity index is 3810. The number of hydrogen-bond acceptors (Lipinski definition) is 3. The summed E-state index contributed by atoms with van der Waals surface area (Å²) >= 11 is 0. The molecule has 0 atom stereocenters. The Hall–Kier alpha value is -7.33. The first-order valence-corrected chi connectivity index (χ1v) is 24.7. The zero-order chi connectivity index (χ0) is 49.4. The van der Waals surface area contributed by atoms with Gasteiger partial charge in [-0.15, -0.1) is 29.3 Å². The fraction of sp³-hybridized carbons (Fsp3) is 0.182. The first-order valence-electron chi connectivity index (χ1n) is 24.7. The number of fused-ring (bicyclic) bond motifs is 4. The van der Waals surface area contributed by atoms with Crippen molar-refractivity contribution in [2.45, 2.75) is 78.6 Å². The molecule has 11 rings (SSSR count). The van der Waals surface area contributed by atoms with Crippen LogP contribution in [0.25, 0.3) is 100 Å². The number of phenolic OH excluding ortho intramolecular Hbond substituents is 1. The molecule has 3 heterocycles. The molecule has 0 saturated heterocycles. The molecule has 0 bridgehead atoms. The zero-order valence-corrected chi connectivity index (χ0v) is 44.7. The predicted molar refractivity (Wildman–Crippen MR) is 297 cm³/mol. The maximum Gasteiger partial charge on any atom is 0.148 e. The van der Waals surface area contributed by atoms with E-state index in [0.29, 0.717) is 11.4 Å². The minimum atomic E-state index is -0.179. The Morgan fingerprint density at radius 3 is 1.75 bits per heavy atom. The second-order valence-corrected chi connectivity index (χ2v) is 22.1. The van der Waals surface area contributed by atoms with Crippen LogP contribution in [0.1, 0.15) is 79.0 Å². The Morgan fingerprint density at radius 2 is 1.01 bits per heavy atom. The van der Waals surface area contributed by atoms with E-state index in [0.717, 1.165) is 61.4 Å². The van der Waals surface area contributed by atoms with Gasteiger partial charge in [-0.2, -0.15) is 0 Å². The van der Waals surface area contributed by atoms with E-state index in [1.165, 1.54) is 44.1 Å². The third-order valence-electron chi connectivity index (χ3n) is 14.0. The molecule has 0 aliphatic carbocycles. The monoisotopic (exact) mass is 1120 g/mol. The Morgan fingerprint density at radius 1 is 0.431 bits per heavy atom. The van der Waals surface area contributed by atoms with Crippen LogP contribution >= 0.6 is 0 Å². The molecule has 0 saturated carbocycles. The van der Waals surface area contributed by atoms with Gasteiger partial charge < -0.3 is 9.67 Å². The Balaban J connectivity index is 0.00000596. The van der Waals surface area contributed by atoms with Gasteiger partial charge in [0.25, 0.3) is 0 Å². The third-order valence-corrected chi connectivity index (χ3v) is 14.0. The van der Waals surface area contributed by atoms with E-state index < -0.39 is 0 Å². The summed E-state index contributed by atoms with van der Waals surface area (Å²) in [7, 11) is 0. The van der Waals surface area contributed by atoms with Crippen molar-refractivity contribution in [2.75, 3.05) is 0 Å². The normalized spacial score (nSPS) is 12.2. The summed E-state index contributed by atoms with van der Waals surface area (Å²) in [6, 6.07) is 68.4. The van der Waals surface area contributed by atoms with Gasteiger partial charge in [0.05, 0.1) is 27.6 Å². The molecule has 5 nitrogen and oxygen atoms in total. The van der Waals surface area contributed by atoms with E-state index in [9.17, 15) is 5.11 Å². The average molecular weight is 1120 g/mol. The summed E-state index contributed by atoms with van der Waals surface area (Å²) in [6.45, 7) is 20.3. The number of imidazole rings is 1.